The molecule has 12 heteroatoms. The quantitative estimate of drug-likeness (QED) is 0.219. The van der Waals surface area contributed by atoms with Gasteiger partial charge in [0.15, 0.2) is 0 Å². The summed E-state index contributed by atoms with van der Waals surface area (Å²) in [5.41, 5.74) is 1.52. The first-order valence-corrected chi connectivity index (χ1v) is 16.4. The number of carbonyl (C=O) groups is 2. The van der Waals surface area contributed by atoms with E-state index in [1.54, 1.807) is 49.4 Å². The summed E-state index contributed by atoms with van der Waals surface area (Å²) in [4.78, 5) is 29.2. The lowest BCUT2D eigenvalue weighted by molar-refractivity contribution is -0.140. The summed E-state index contributed by atoms with van der Waals surface area (Å²) in [7, 11) is -1.45. The van der Waals surface area contributed by atoms with Gasteiger partial charge in [0.2, 0.25) is 11.8 Å². The van der Waals surface area contributed by atoms with Crippen LogP contribution in [-0.2, 0) is 26.2 Å². The lowest BCUT2D eigenvalue weighted by Gasteiger charge is -2.34. The molecule has 0 spiro atoms. The van der Waals surface area contributed by atoms with E-state index in [1.165, 1.54) is 37.3 Å². The molecule has 3 aromatic carbocycles. The van der Waals surface area contributed by atoms with Crippen molar-refractivity contribution in [1.82, 2.24) is 10.2 Å². The van der Waals surface area contributed by atoms with Crippen LogP contribution in [-0.4, -0.2) is 58.0 Å². The summed E-state index contributed by atoms with van der Waals surface area (Å²) in [6, 6.07) is 14.8. The molecule has 3 rings (SSSR count). The molecule has 0 aliphatic heterocycles. The minimum Gasteiger partial charge on any atom is -0.497 e. The number of hydrogen-bond acceptors (Lipinski definition) is 6. The van der Waals surface area contributed by atoms with Crippen LogP contribution < -0.4 is 19.1 Å². The fourth-order valence-corrected chi connectivity index (χ4v) is 6.42. The van der Waals surface area contributed by atoms with Crippen molar-refractivity contribution in [3.63, 3.8) is 0 Å². The maximum Gasteiger partial charge on any atom is 0.264 e. The predicted octanol–water partition coefficient (Wildman–Crippen LogP) is 6.24. The van der Waals surface area contributed by atoms with E-state index in [4.69, 9.17) is 32.7 Å². The third-order valence-electron chi connectivity index (χ3n) is 7.29. The normalized spacial score (nSPS) is 12.6. The Balaban J connectivity index is 2.17. The highest BCUT2D eigenvalue weighted by Crippen LogP contribution is 2.36. The number of ether oxygens (including phenoxy) is 2. The number of halogens is 2. The third-order valence-corrected chi connectivity index (χ3v) is 9.65. The average Bonchev–Trinajstić information content (AvgIpc) is 3.00. The molecular formula is C32H39Cl2N3O6S. The molecule has 0 saturated carbocycles. The number of methoxy groups -OCH3 is 2. The Morgan fingerprint density at radius 2 is 1.61 bits per heavy atom. The van der Waals surface area contributed by atoms with Crippen molar-refractivity contribution in [1.29, 1.82) is 0 Å². The number of anilines is 1. The van der Waals surface area contributed by atoms with Crippen LogP contribution in [0.15, 0.2) is 65.6 Å². The molecule has 2 atom stereocenters. The number of sulfonamides is 1. The number of carbonyl (C=O) groups excluding carboxylic acids is 2. The number of amides is 2. The van der Waals surface area contributed by atoms with Gasteiger partial charge in [-0.25, -0.2) is 8.42 Å². The standard InChI is InChI=1S/C32H39Cl2N3O6S/c1-7-22(4)35-32(39)28(8-2)36(19-23-11-12-24(33)17-27(23)34)31(38)20-37(29-18-25(42-5)13-16-30(29)43-6)44(40,41)26-14-9-21(3)10-15-26/h9-18,22,28H,7-8,19-20H2,1-6H3,(H,35,39)/t22-,28+/m0/s1. The maximum absolute atomic E-state index is 14.4. The number of aryl methyl sites for hydroxylation is 1. The van der Waals surface area contributed by atoms with Crippen LogP contribution in [0, 0.1) is 6.92 Å². The molecule has 0 fully saturated rings. The minimum atomic E-state index is -4.31. The van der Waals surface area contributed by atoms with E-state index in [2.05, 4.69) is 5.32 Å². The first kappa shape index (κ1) is 35.0. The van der Waals surface area contributed by atoms with Gasteiger partial charge in [0.25, 0.3) is 10.0 Å². The van der Waals surface area contributed by atoms with Crippen LogP contribution in [0.2, 0.25) is 10.0 Å². The van der Waals surface area contributed by atoms with Gasteiger partial charge < -0.3 is 19.7 Å². The summed E-state index contributed by atoms with van der Waals surface area (Å²) in [6.45, 7) is 6.75. The molecule has 0 aromatic heterocycles. The molecule has 0 aliphatic rings. The van der Waals surface area contributed by atoms with Crippen molar-refractivity contribution in [3.8, 4) is 11.5 Å². The molecule has 3 aromatic rings. The predicted molar refractivity (Wildman–Crippen MR) is 174 cm³/mol. The smallest absolute Gasteiger partial charge is 0.264 e. The number of hydrogen-bond donors (Lipinski definition) is 1. The van der Waals surface area contributed by atoms with Gasteiger partial charge in [-0.05, 0) is 68.7 Å². The molecule has 2 amide bonds. The number of rotatable bonds is 14. The van der Waals surface area contributed by atoms with E-state index in [9.17, 15) is 18.0 Å². The van der Waals surface area contributed by atoms with Crippen molar-refractivity contribution in [2.75, 3.05) is 25.1 Å². The van der Waals surface area contributed by atoms with E-state index in [0.717, 1.165) is 9.87 Å². The molecule has 0 radical (unpaired) electrons. The van der Waals surface area contributed by atoms with Crippen molar-refractivity contribution in [2.24, 2.45) is 0 Å². The Hall–Kier alpha value is -3.47. The fraction of sp³-hybridized carbons (Fsp3) is 0.375. The van der Waals surface area contributed by atoms with Crippen molar-refractivity contribution in [2.45, 2.75) is 64.1 Å². The van der Waals surface area contributed by atoms with Gasteiger partial charge in [-0.1, -0.05) is 60.8 Å². The van der Waals surface area contributed by atoms with Crippen LogP contribution in [0.4, 0.5) is 5.69 Å². The molecule has 9 nitrogen and oxygen atoms in total. The van der Waals surface area contributed by atoms with Gasteiger partial charge >= 0.3 is 0 Å². The molecule has 44 heavy (non-hydrogen) atoms. The Kier molecular flexibility index (Phi) is 12.3. The minimum absolute atomic E-state index is 0.0189. The van der Waals surface area contributed by atoms with Crippen LogP contribution >= 0.6 is 23.2 Å². The Morgan fingerprint density at radius 1 is 0.932 bits per heavy atom. The van der Waals surface area contributed by atoms with Gasteiger partial charge in [0.1, 0.15) is 24.1 Å². The van der Waals surface area contributed by atoms with Gasteiger partial charge in [-0.15, -0.1) is 0 Å². The largest absolute Gasteiger partial charge is 0.497 e. The topological polar surface area (TPSA) is 105 Å². The molecule has 0 aliphatic carbocycles. The molecule has 0 unspecified atom stereocenters. The highest BCUT2D eigenvalue weighted by molar-refractivity contribution is 7.92. The lowest BCUT2D eigenvalue weighted by Crippen LogP contribution is -2.53. The van der Waals surface area contributed by atoms with E-state index < -0.39 is 28.5 Å². The molecule has 0 saturated heterocycles. The molecule has 1 N–H and O–H groups in total. The van der Waals surface area contributed by atoms with E-state index in [-0.39, 0.29) is 41.2 Å². The molecule has 238 valence electrons. The van der Waals surface area contributed by atoms with E-state index >= 15 is 0 Å². The second-order valence-electron chi connectivity index (χ2n) is 10.4. The zero-order valence-corrected chi connectivity index (χ0v) is 28.1. The van der Waals surface area contributed by atoms with Crippen molar-refractivity contribution >= 4 is 50.7 Å². The second-order valence-corrected chi connectivity index (χ2v) is 13.1. The van der Waals surface area contributed by atoms with Gasteiger partial charge in [-0.3, -0.25) is 13.9 Å². The first-order chi connectivity index (χ1) is 20.9. The number of benzene rings is 3. The van der Waals surface area contributed by atoms with Crippen LogP contribution in [0.5, 0.6) is 11.5 Å². The first-order valence-electron chi connectivity index (χ1n) is 14.2. The Morgan fingerprint density at radius 3 is 2.18 bits per heavy atom. The lowest BCUT2D eigenvalue weighted by atomic mass is 10.1. The molecule has 0 bridgehead atoms. The summed E-state index contributed by atoms with van der Waals surface area (Å²) in [5.74, 6) is -0.403. The monoisotopic (exact) mass is 663 g/mol. The highest BCUT2D eigenvalue weighted by atomic mass is 35.5. The molecule has 0 heterocycles. The zero-order valence-electron chi connectivity index (χ0n) is 25.8. The molecular weight excluding hydrogens is 625 g/mol. The van der Waals surface area contributed by atoms with Gasteiger partial charge in [0.05, 0.1) is 24.8 Å². The number of nitrogens with one attached hydrogen (secondary N) is 1. The summed E-state index contributed by atoms with van der Waals surface area (Å²) in [6.07, 6.45) is 0.962. The van der Waals surface area contributed by atoms with Gasteiger partial charge in [0, 0.05) is 28.7 Å². The Labute approximate surface area is 270 Å². The Bertz CT molecular complexity index is 1570. The number of nitrogens with zero attached hydrogens (tertiary/aromatic N) is 2. The van der Waals surface area contributed by atoms with Gasteiger partial charge in [-0.2, -0.15) is 0 Å². The summed E-state index contributed by atoms with van der Waals surface area (Å²) in [5, 5.41) is 3.68. The zero-order chi connectivity index (χ0) is 32.6. The van der Waals surface area contributed by atoms with Crippen LogP contribution in [0.3, 0.4) is 0 Å². The summed E-state index contributed by atoms with van der Waals surface area (Å²) < 4.78 is 40.3. The van der Waals surface area contributed by atoms with Crippen LogP contribution in [0.1, 0.15) is 44.7 Å². The van der Waals surface area contributed by atoms with E-state index in [0.29, 0.717) is 27.8 Å². The maximum atomic E-state index is 14.4. The highest BCUT2D eigenvalue weighted by Gasteiger charge is 2.35. The SMILES string of the molecule is CC[C@H](C(=O)N[C@@H](C)CC)N(Cc1ccc(Cl)cc1Cl)C(=O)CN(c1cc(OC)ccc1OC)S(=O)(=O)c1ccc(C)cc1. The van der Waals surface area contributed by atoms with E-state index in [1.807, 2.05) is 20.8 Å². The van der Waals surface area contributed by atoms with Crippen molar-refractivity contribution < 1.29 is 27.5 Å². The third kappa shape index (κ3) is 8.37. The second kappa shape index (κ2) is 15.5. The fourth-order valence-electron chi connectivity index (χ4n) is 4.54. The van der Waals surface area contributed by atoms with Crippen LogP contribution in [0.25, 0.3) is 0 Å². The van der Waals surface area contributed by atoms with Crippen molar-refractivity contribution in [3.05, 3.63) is 81.8 Å². The summed E-state index contributed by atoms with van der Waals surface area (Å²) >= 11 is 12.6. The average molecular weight is 665 g/mol.